The quantitative estimate of drug-likeness (QED) is 0.784. The smallest absolute Gasteiger partial charge is 0.196 e. The molecule has 0 atom stereocenters. The molecule has 0 heterocycles. The highest BCUT2D eigenvalue weighted by Gasteiger charge is 2.16. The van der Waals surface area contributed by atoms with Gasteiger partial charge in [0.2, 0.25) is 0 Å². The van der Waals surface area contributed by atoms with Crippen molar-refractivity contribution in [3.05, 3.63) is 64.5 Å². The SMILES string of the molecule is CCOc1ccc(C)cc1C(=O)c1cc(C)cc(F)c1. The lowest BCUT2D eigenvalue weighted by atomic mass is 9.99. The zero-order valence-electron chi connectivity index (χ0n) is 11.9. The largest absolute Gasteiger partial charge is 0.493 e. The Morgan fingerprint density at radius 2 is 1.85 bits per heavy atom. The molecule has 2 aromatic carbocycles. The minimum absolute atomic E-state index is 0.222. The van der Waals surface area contributed by atoms with Crippen molar-refractivity contribution in [3.63, 3.8) is 0 Å². The third-order valence-electron chi connectivity index (χ3n) is 2.98. The molecule has 0 fully saturated rings. The first-order chi connectivity index (χ1) is 9.51. The maximum Gasteiger partial charge on any atom is 0.196 e. The van der Waals surface area contributed by atoms with E-state index in [2.05, 4.69) is 0 Å². The molecule has 0 amide bonds. The van der Waals surface area contributed by atoms with E-state index in [9.17, 15) is 9.18 Å². The van der Waals surface area contributed by atoms with E-state index in [1.807, 2.05) is 19.9 Å². The van der Waals surface area contributed by atoms with Crippen LogP contribution >= 0.6 is 0 Å². The van der Waals surface area contributed by atoms with E-state index in [0.717, 1.165) is 11.1 Å². The number of ether oxygens (including phenoxy) is 1. The van der Waals surface area contributed by atoms with Crippen LogP contribution in [0.25, 0.3) is 0 Å². The summed E-state index contributed by atoms with van der Waals surface area (Å²) in [6.07, 6.45) is 0. The maximum absolute atomic E-state index is 13.4. The summed E-state index contributed by atoms with van der Waals surface area (Å²) in [6, 6.07) is 9.78. The lowest BCUT2D eigenvalue weighted by molar-refractivity contribution is 0.103. The minimum Gasteiger partial charge on any atom is -0.493 e. The third-order valence-corrected chi connectivity index (χ3v) is 2.98. The number of aryl methyl sites for hydroxylation is 2. The summed E-state index contributed by atoms with van der Waals surface area (Å²) in [7, 11) is 0. The van der Waals surface area contributed by atoms with E-state index in [1.165, 1.54) is 12.1 Å². The molecule has 0 aliphatic carbocycles. The number of benzene rings is 2. The fourth-order valence-corrected chi connectivity index (χ4v) is 2.13. The zero-order chi connectivity index (χ0) is 14.7. The van der Waals surface area contributed by atoms with Crippen molar-refractivity contribution in [2.45, 2.75) is 20.8 Å². The summed E-state index contributed by atoms with van der Waals surface area (Å²) < 4.78 is 18.9. The lowest BCUT2D eigenvalue weighted by Gasteiger charge is -2.11. The monoisotopic (exact) mass is 272 g/mol. The number of halogens is 1. The molecule has 0 saturated heterocycles. The highest BCUT2D eigenvalue weighted by molar-refractivity contribution is 6.10. The minimum atomic E-state index is -0.404. The molecule has 0 bridgehead atoms. The molecule has 0 aromatic heterocycles. The number of hydrogen-bond acceptors (Lipinski definition) is 2. The summed E-state index contributed by atoms with van der Waals surface area (Å²) in [4.78, 5) is 12.6. The van der Waals surface area contributed by atoms with Gasteiger partial charge in [-0.1, -0.05) is 11.6 Å². The van der Waals surface area contributed by atoms with Gasteiger partial charge in [-0.05, 0) is 56.7 Å². The van der Waals surface area contributed by atoms with Gasteiger partial charge in [0.15, 0.2) is 5.78 Å². The summed E-state index contributed by atoms with van der Waals surface area (Å²) in [5.74, 6) is -0.0938. The fraction of sp³-hybridized carbons (Fsp3) is 0.235. The fourth-order valence-electron chi connectivity index (χ4n) is 2.13. The summed E-state index contributed by atoms with van der Waals surface area (Å²) in [6.45, 7) is 6.01. The second-order valence-electron chi connectivity index (χ2n) is 4.78. The Balaban J connectivity index is 2.49. The Morgan fingerprint density at radius 1 is 1.10 bits per heavy atom. The first-order valence-electron chi connectivity index (χ1n) is 6.56. The van der Waals surface area contributed by atoms with Crippen molar-refractivity contribution in [1.29, 1.82) is 0 Å². The van der Waals surface area contributed by atoms with E-state index in [4.69, 9.17) is 4.74 Å². The molecule has 3 heteroatoms. The highest BCUT2D eigenvalue weighted by Crippen LogP contribution is 2.24. The Morgan fingerprint density at radius 3 is 2.50 bits per heavy atom. The molecular formula is C17H17FO2. The first-order valence-corrected chi connectivity index (χ1v) is 6.56. The van der Waals surface area contributed by atoms with Crippen LogP contribution in [-0.4, -0.2) is 12.4 Å². The van der Waals surface area contributed by atoms with Gasteiger partial charge in [0, 0.05) is 5.56 Å². The summed E-state index contributed by atoms with van der Waals surface area (Å²) >= 11 is 0. The average Bonchev–Trinajstić information content (AvgIpc) is 2.39. The van der Waals surface area contributed by atoms with Crippen LogP contribution in [-0.2, 0) is 0 Å². The van der Waals surface area contributed by atoms with Crippen LogP contribution in [0.2, 0.25) is 0 Å². The van der Waals surface area contributed by atoms with E-state index < -0.39 is 5.82 Å². The molecule has 20 heavy (non-hydrogen) atoms. The van der Waals surface area contributed by atoms with Crippen LogP contribution < -0.4 is 4.74 Å². The first kappa shape index (κ1) is 14.3. The number of hydrogen-bond donors (Lipinski definition) is 0. The molecule has 0 aliphatic heterocycles. The number of carbonyl (C=O) groups excluding carboxylic acids is 1. The van der Waals surface area contributed by atoms with Gasteiger partial charge < -0.3 is 4.74 Å². The van der Waals surface area contributed by atoms with E-state index in [0.29, 0.717) is 23.5 Å². The molecule has 2 nitrogen and oxygen atoms in total. The van der Waals surface area contributed by atoms with Crippen LogP contribution in [0.4, 0.5) is 4.39 Å². The molecule has 0 aliphatic rings. The second-order valence-corrected chi connectivity index (χ2v) is 4.78. The van der Waals surface area contributed by atoms with Crippen molar-refractivity contribution < 1.29 is 13.9 Å². The van der Waals surface area contributed by atoms with Crippen LogP contribution in [0, 0.1) is 19.7 Å². The van der Waals surface area contributed by atoms with Gasteiger partial charge in [-0.15, -0.1) is 0 Å². The molecule has 104 valence electrons. The Labute approximate surface area is 118 Å². The van der Waals surface area contributed by atoms with E-state index >= 15 is 0 Å². The van der Waals surface area contributed by atoms with Crippen molar-refractivity contribution in [2.75, 3.05) is 6.61 Å². The van der Waals surface area contributed by atoms with Gasteiger partial charge in [0.1, 0.15) is 11.6 Å². The molecule has 0 spiro atoms. The zero-order valence-corrected chi connectivity index (χ0v) is 11.9. The Bertz CT molecular complexity index is 627. The van der Waals surface area contributed by atoms with Crippen molar-refractivity contribution in [1.82, 2.24) is 0 Å². The topological polar surface area (TPSA) is 26.3 Å². The summed E-state index contributed by atoms with van der Waals surface area (Å²) in [5.41, 5.74) is 2.50. The number of carbonyl (C=O) groups is 1. The van der Waals surface area contributed by atoms with Gasteiger partial charge in [-0.25, -0.2) is 4.39 Å². The molecule has 0 N–H and O–H groups in total. The predicted molar refractivity (Wildman–Crippen MR) is 76.9 cm³/mol. The Hall–Kier alpha value is -2.16. The molecule has 2 rings (SSSR count). The van der Waals surface area contributed by atoms with Gasteiger partial charge in [0.25, 0.3) is 0 Å². The molecule has 0 unspecified atom stereocenters. The maximum atomic E-state index is 13.4. The number of rotatable bonds is 4. The van der Waals surface area contributed by atoms with E-state index in [-0.39, 0.29) is 5.78 Å². The van der Waals surface area contributed by atoms with Crippen LogP contribution in [0.3, 0.4) is 0 Å². The summed E-state index contributed by atoms with van der Waals surface area (Å²) in [5, 5.41) is 0. The normalized spacial score (nSPS) is 10.4. The van der Waals surface area contributed by atoms with Gasteiger partial charge in [-0.2, -0.15) is 0 Å². The third kappa shape index (κ3) is 3.05. The van der Waals surface area contributed by atoms with Crippen molar-refractivity contribution >= 4 is 5.78 Å². The van der Waals surface area contributed by atoms with Crippen LogP contribution in [0.5, 0.6) is 5.75 Å². The van der Waals surface area contributed by atoms with Crippen LogP contribution in [0.15, 0.2) is 36.4 Å². The average molecular weight is 272 g/mol. The van der Waals surface area contributed by atoms with Crippen molar-refractivity contribution in [3.8, 4) is 5.75 Å². The standard InChI is InChI=1S/C17H17FO2/c1-4-20-16-6-5-11(2)9-15(16)17(19)13-7-12(3)8-14(18)10-13/h5-10H,4H2,1-3H3. The Kier molecular flexibility index (Phi) is 4.18. The van der Waals surface area contributed by atoms with Gasteiger partial charge >= 0.3 is 0 Å². The lowest BCUT2D eigenvalue weighted by Crippen LogP contribution is -2.06. The van der Waals surface area contributed by atoms with Gasteiger partial charge in [-0.3, -0.25) is 4.79 Å². The highest BCUT2D eigenvalue weighted by atomic mass is 19.1. The number of ketones is 1. The predicted octanol–water partition coefficient (Wildman–Crippen LogP) is 4.07. The molecule has 2 aromatic rings. The molecular weight excluding hydrogens is 255 g/mol. The van der Waals surface area contributed by atoms with E-state index in [1.54, 1.807) is 25.1 Å². The van der Waals surface area contributed by atoms with Gasteiger partial charge in [0.05, 0.1) is 12.2 Å². The van der Waals surface area contributed by atoms with Crippen LogP contribution in [0.1, 0.15) is 34.0 Å². The molecule has 0 radical (unpaired) electrons. The van der Waals surface area contributed by atoms with Crippen molar-refractivity contribution in [2.24, 2.45) is 0 Å². The second kappa shape index (κ2) is 5.87. The molecule has 0 saturated carbocycles.